The van der Waals surface area contributed by atoms with Gasteiger partial charge in [-0.2, -0.15) is 9.61 Å². The molecule has 1 unspecified atom stereocenters. The quantitative estimate of drug-likeness (QED) is 0.395. The number of carbonyl (C=O) groups excluding carboxylic acids is 2. The van der Waals surface area contributed by atoms with Crippen molar-refractivity contribution in [2.75, 3.05) is 30.9 Å². The molecule has 0 spiro atoms. The molecule has 1 saturated heterocycles. The Morgan fingerprint density at radius 2 is 2.15 bits per heavy atom. The number of hydrogen-bond donors (Lipinski definition) is 3. The van der Waals surface area contributed by atoms with E-state index in [2.05, 4.69) is 26.0 Å². The summed E-state index contributed by atoms with van der Waals surface area (Å²) in [5.41, 5.74) is 1.75. The first-order valence-corrected chi connectivity index (χ1v) is 11.4. The Kier molecular flexibility index (Phi) is 7.23. The van der Waals surface area contributed by atoms with E-state index < -0.39 is 0 Å². The summed E-state index contributed by atoms with van der Waals surface area (Å²) in [5.74, 6) is 1.13. The topological polar surface area (TPSA) is 113 Å². The lowest BCUT2D eigenvalue weighted by Gasteiger charge is -2.28. The maximum atomic E-state index is 12.7. The number of hydrogen-bond acceptors (Lipinski definition) is 7. The number of nitrogens with one attached hydrogen (secondary N) is 3. The van der Waals surface area contributed by atoms with Crippen LogP contribution < -0.4 is 16.0 Å². The molecule has 10 heteroatoms. The maximum Gasteiger partial charge on any atom is 0.256 e. The zero-order chi connectivity index (χ0) is 23.2. The van der Waals surface area contributed by atoms with E-state index in [1.165, 1.54) is 0 Å². The highest BCUT2D eigenvalue weighted by Crippen LogP contribution is 2.22. The van der Waals surface area contributed by atoms with Crippen molar-refractivity contribution in [1.29, 1.82) is 0 Å². The number of fused-ring (bicyclic) bond motifs is 1. The molecule has 3 heterocycles. The van der Waals surface area contributed by atoms with Crippen LogP contribution in [0.1, 0.15) is 49.4 Å². The van der Waals surface area contributed by atoms with Crippen molar-refractivity contribution >= 4 is 29.6 Å². The molecule has 2 aromatic rings. The second-order valence-corrected chi connectivity index (χ2v) is 8.41. The molecule has 2 fully saturated rings. The van der Waals surface area contributed by atoms with Gasteiger partial charge in [0.1, 0.15) is 17.2 Å². The second kappa shape index (κ2) is 10.5. The number of nitrogens with zero attached hydrogens (tertiary/aromatic N) is 4. The van der Waals surface area contributed by atoms with Gasteiger partial charge in [0.2, 0.25) is 6.41 Å². The Bertz CT molecular complexity index is 1050. The van der Waals surface area contributed by atoms with Gasteiger partial charge in [0.15, 0.2) is 5.65 Å². The van der Waals surface area contributed by atoms with Crippen LogP contribution in [-0.4, -0.2) is 64.2 Å². The minimum absolute atomic E-state index is 0.0720. The molecule has 2 amide bonds. The molecule has 0 aromatic carbocycles. The first kappa shape index (κ1) is 22.8. The van der Waals surface area contributed by atoms with Crippen LogP contribution in [0.3, 0.4) is 0 Å². The van der Waals surface area contributed by atoms with Crippen LogP contribution in [-0.2, 0) is 9.53 Å². The van der Waals surface area contributed by atoms with Crippen LogP contribution in [0.2, 0.25) is 0 Å². The highest BCUT2D eigenvalue weighted by molar-refractivity contribution is 6.00. The number of aromatic nitrogens is 3. The van der Waals surface area contributed by atoms with E-state index in [-0.39, 0.29) is 18.0 Å². The fraction of sp³-hybridized carbons (Fsp3) is 0.478. The standard InChI is InChI=1S/C23H31N7O3/c1-16(6-4-10-29(15-31)18-9-5-11-33-14-18)26-20-12-21(24-2)30-22(28-20)19(13-25-30)23(32)27-17-7-3-8-17/h4,6,10,12-13,15,17-18,24H,3,5,7-9,11,14H2,1-2H3,(H,26,28)(H,27,32)/b10-4-,16-6+. The molecular weight excluding hydrogens is 422 g/mol. The molecule has 2 aromatic heterocycles. The van der Waals surface area contributed by atoms with Crippen molar-refractivity contribution < 1.29 is 14.3 Å². The third-order valence-corrected chi connectivity index (χ3v) is 6.02. The average molecular weight is 454 g/mol. The van der Waals surface area contributed by atoms with Gasteiger partial charge >= 0.3 is 0 Å². The minimum atomic E-state index is -0.155. The molecule has 2 aliphatic rings. The first-order chi connectivity index (χ1) is 16.1. The largest absolute Gasteiger partial charge is 0.379 e. The SMILES string of the molecule is CNc1cc(N/C(C)=C/C=C\N(C=O)C2CCCOC2)nc2c(C(=O)NC3CCC3)cnn12. The van der Waals surface area contributed by atoms with Crippen molar-refractivity contribution in [2.45, 2.75) is 51.1 Å². The molecule has 33 heavy (non-hydrogen) atoms. The molecule has 0 radical (unpaired) electrons. The van der Waals surface area contributed by atoms with E-state index in [1.807, 2.05) is 25.1 Å². The molecule has 10 nitrogen and oxygen atoms in total. The third-order valence-electron chi connectivity index (χ3n) is 6.02. The highest BCUT2D eigenvalue weighted by Gasteiger charge is 2.23. The van der Waals surface area contributed by atoms with Gasteiger partial charge in [0.25, 0.3) is 5.91 Å². The van der Waals surface area contributed by atoms with E-state index in [0.717, 1.165) is 50.8 Å². The van der Waals surface area contributed by atoms with E-state index in [4.69, 9.17) is 4.74 Å². The number of anilines is 2. The fourth-order valence-electron chi connectivity index (χ4n) is 3.91. The lowest BCUT2D eigenvalue weighted by atomic mass is 9.93. The molecule has 1 aliphatic carbocycles. The summed E-state index contributed by atoms with van der Waals surface area (Å²) in [7, 11) is 1.79. The van der Waals surface area contributed by atoms with Crippen molar-refractivity contribution in [3.8, 4) is 0 Å². The van der Waals surface area contributed by atoms with Gasteiger partial charge in [-0.1, -0.05) is 0 Å². The third kappa shape index (κ3) is 5.33. The molecule has 4 rings (SSSR count). The minimum Gasteiger partial charge on any atom is -0.379 e. The Balaban J connectivity index is 1.49. The summed E-state index contributed by atoms with van der Waals surface area (Å²) >= 11 is 0. The van der Waals surface area contributed by atoms with Gasteiger partial charge in [-0.3, -0.25) is 9.59 Å². The Morgan fingerprint density at radius 1 is 1.30 bits per heavy atom. The molecule has 0 bridgehead atoms. The lowest BCUT2D eigenvalue weighted by molar-refractivity contribution is -0.119. The van der Waals surface area contributed by atoms with E-state index in [0.29, 0.717) is 29.5 Å². The van der Waals surface area contributed by atoms with Crippen molar-refractivity contribution in [3.05, 3.63) is 41.9 Å². The number of rotatable bonds is 9. The fourth-order valence-corrected chi connectivity index (χ4v) is 3.91. The lowest BCUT2D eigenvalue weighted by Crippen LogP contribution is -2.39. The van der Waals surface area contributed by atoms with Crippen LogP contribution in [0.5, 0.6) is 0 Å². The first-order valence-electron chi connectivity index (χ1n) is 11.4. The molecule has 1 aliphatic heterocycles. The summed E-state index contributed by atoms with van der Waals surface area (Å²) in [6.45, 7) is 3.22. The van der Waals surface area contributed by atoms with Crippen LogP contribution in [0.25, 0.3) is 5.65 Å². The predicted octanol–water partition coefficient (Wildman–Crippen LogP) is 2.52. The highest BCUT2D eigenvalue weighted by atomic mass is 16.5. The second-order valence-electron chi connectivity index (χ2n) is 8.41. The summed E-state index contributed by atoms with van der Waals surface area (Å²) in [6, 6.07) is 2.13. The zero-order valence-corrected chi connectivity index (χ0v) is 19.1. The Hall–Kier alpha value is -3.40. The molecule has 1 saturated carbocycles. The van der Waals surface area contributed by atoms with Gasteiger partial charge in [-0.05, 0) is 51.2 Å². The van der Waals surface area contributed by atoms with E-state index in [9.17, 15) is 9.59 Å². The van der Waals surface area contributed by atoms with E-state index in [1.54, 1.807) is 28.9 Å². The van der Waals surface area contributed by atoms with Gasteiger partial charge in [-0.25, -0.2) is 4.98 Å². The van der Waals surface area contributed by atoms with Crippen molar-refractivity contribution in [2.24, 2.45) is 0 Å². The molecule has 176 valence electrons. The summed E-state index contributed by atoms with van der Waals surface area (Å²) < 4.78 is 7.09. The molecular formula is C23H31N7O3. The normalized spacial score (nSPS) is 19.3. The zero-order valence-electron chi connectivity index (χ0n) is 19.1. The van der Waals surface area contributed by atoms with Gasteiger partial charge < -0.3 is 25.6 Å². The van der Waals surface area contributed by atoms with Crippen LogP contribution in [0, 0.1) is 0 Å². The Morgan fingerprint density at radius 3 is 2.82 bits per heavy atom. The monoisotopic (exact) mass is 453 g/mol. The number of allylic oxidation sites excluding steroid dienone is 3. The number of carbonyl (C=O) groups is 2. The van der Waals surface area contributed by atoms with Gasteiger partial charge in [0.05, 0.1) is 18.8 Å². The molecule has 3 N–H and O–H groups in total. The van der Waals surface area contributed by atoms with Crippen molar-refractivity contribution in [1.82, 2.24) is 24.8 Å². The Labute approximate surface area is 193 Å². The number of amides is 2. The van der Waals surface area contributed by atoms with Gasteiger partial charge in [0, 0.05) is 37.7 Å². The summed E-state index contributed by atoms with van der Waals surface area (Å²) in [6.07, 6.45) is 12.9. The average Bonchev–Trinajstić information content (AvgIpc) is 3.23. The van der Waals surface area contributed by atoms with E-state index >= 15 is 0 Å². The number of ether oxygens (including phenoxy) is 1. The predicted molar refractivity (Wildman–Crippen MR) is 126 cm³/mol. The summed E-state index contributed by atoms with van der Waals surface area (Å²) in [5, 5.41) is 13.7. The summed E-state index contributed by atoms with van der Waals surface area (Å²) in [4.78, 5) is 30.4. The smallest absolute Gasteiger partial charge is 0.256 e. The van der Waals surface area contributed by atoms with Crippen molar-refractivity contribution in [3.63, 3.8) is 0 Å². The maximum absolute atomic E-state index is 12.7. The molecule has 1 atom stereocenters. The van der Waals surface area contributed by atoms with Gasteiger partial charge in [-0.15, -0.1) is 0 Å². The van der Waals surface area contributed by atoms with Crippen LogP contribution in [0.15, 0.2) is 36.3 Å². The van der Waals surface area contributed by atoms with Crippen LogP contribution in [0.4, 0.5) is 11.6 Å². The van der Waals surface area contributed by atoms with Crippen LogP contribution >= 0.6 is 0 Å².